The number of aromatic amines is 1. The van der Waals surface area contributed by atoms with Gasteiger partial charge < -0.3 is 9.72 Å². The highest BCUT2D eigenvalue weighted by Gasteiger charge is 2.25. The number of methoxy groups -OCH3 is 1. The van der Waals surface area contributed by atoms with Crippen molar-refractivity contribution in [3.63, 3.8) is 0 Å². The van der Waals surface area contributed by atoms with E-state index in [0.29, 0.717) is 0 Å². The average molecular weight is 317 g/mol. The highest BCUT2D eigenvalue weighted by atomic mass is 16.5. The summed E-state index contributed by atoms with van der Waals surface area (Å²) in [5, 5.41) is 1.18. The van der Waals surface area contributed by atoms with Crippen LogP contribution >= 0.6 is 0 Å². The van der Waals surface area contributed by atoms with Crippen LogP contribution in [0.5, 0.6) is 5.75 Å². The van der Waals surface area contributed by atoms with Crippen LogP contribution in [0.3, 0.4) is 0 Å². The van der Waals surface area contributed by atoms with Crippen molar-refractivity contribution in [2.45, 2.75) is 19.8 Å². The van der Waals surface area contributed by atoms with Gasteiger partial charge in [0.05, 0.1) is 12.8 Å². The Hall–Kier alpha value is -2.81. The van der Waals surface area contributed by atoms with Crippen LogP contribution in [0.4, 0.5) is 0 Å². The van der Waals surface area contributed by atoms with Gasteiger partial charge in [-0.05, 0) is 61.2 Å². The number of carbonyl (C=O) groups is 1. The molecule has 4 rings (SSSR count). The van der Waals surface area contributed by atoms with Crippen molar-refractivity contribution in [1.29, 1.82) is 0 Å². The number of carbonyl (C=O) groups excluding carboxylic acids is 1. The lowest BCUT2D eigenvalue weighted by molar-refractivity contribution is 0.102. The molecule has 0 spiro atoms. The van der Waals surface area contributed by atoms with Crippen LogP contribution in [0.2, 0.25) is 0 Å². The number of fused-ring (bicyclic) bond motifs is 3. The maximum atomic E-state index is 12.9. The minimum Gasteiger partial charge on any atom is -0.497 e. The van der Waals surface area contributed by atoms with E-state index in [9.17, 15) is 4.79 Å². The van der Waals surface area contributed by atoms with Gasteiger partial charge in [0, 0.05) is 16.5 Å². The molecule has 3 aromatic rings. The van der Waals surface area contributed by atoms with Gasteiger partial charge in [0.1, 0.15) is 5.75 Å². The van der Waals surface area contributed by atoms with E-state index in [0.717, 1.165) is 46.5 Å². The van der Waals surface area contributed by atoms with Crippen molar-refractivity contribution in [2.24, 2.45) is 0 Å². The number of rotatable bonds is 2. The van der Waals surface area contributed by atoms with Gasteiger partial charge in [0.25, 0.3) is 0 Å². The van der Waals surface area contributed by atoms with Crippen molar-refractivity contribution < 1.29 is 9.53 Å². The lowest BCUT2D eigenvalue weighted by Crippen LogP contribution is -2.13. The third-order valence-electron chi connectivity index (χ3n) is 4.66. The molecule has 2 aromatic carbocycles. The molecule has 0 fully saturated rings. The van der Waals surface area contributed by atoms with Gasteiger partial charge in [0.15, 0.2) is 0 Å². The number of hydrogen-bond acceptors (Lipinski definition) is 2. The monoisotopic (exact) mass is 317 g/mol. The minimum atomic E-state index is 0.105. The lowest BCUT2D eigenvalue weighted by Gasteiger charge is -2.14. The summed E-state index contributed by atoms with van der Waals surface area (Å²) in [4.78, 5) is 16.2. The second-order valence-electron chi connectivity index (χ2n) is 6.30. The van der Waals surface area contributed by atoms with Crippen LogP contribution in [0.25, 0.3) is 17.0 Å². The van der Waals surface area contributed by atoms with Crippen LogP contribution < -0.4 is 4.74 Å². The van der Waals surface area contributed by atoms with Crippen LogP contribution in [-0.4, -0.2) is 17.9 Å². The molecule has 0 bridgehead atoms. The Morgan fingerprint density at radius 2 is 2.00 bits per heavy atom. The zero-order chi connectivity index (χ0) is 16.7. The smallest absolute Gasteiger partial charge is 0.205 e. The Morgan fingerprint density at radius 3 is 2.83 bits per heavy atom. The molecule has 1 aliphatic carbocycles. The number of nitrogens with one attached hydrogen (secondary N) is 1. The molecule has 0 radical (unpaired) electrons. The molecule has 3 heteroatoms. The van der Waals surface area contributed by atoms with Crippen molar-refractivity contribution in [1.82, 2.24) is 4.98 Å². The molecule has 120 valence electrons. The van der Waals surface area contributed by atoms with Crippen molar-refractivity contribution >= 4 is 22.8 Å². The predicted molar refractivity (Wildman–Crippen MR) is 96.7 cm³/mol. The maximum absolute atomic E-state index is 12.9. The molecule has 0 atom stereocenters. The van der Waals surface area contributed by atoms with Crippen LogP contribution in [0.15, 0.2) is 48.0 Å². The number of H-pyrrole nitrogens is 1. The number of benzene rings is 2. The SMILES string of the molecule is COc1cccc(/C=C2\CCc3c([nH]c4ccc(C)cc34)C2=O)c1. The first kappa shape index (κ1) is 14.8. The lowest BCUT2D eigenvalue weighted by atomic mass is 9.89. The van der Waals surface area contributed by atoms with E-state index in [-0.39, 0.29) is 5.78 Å². The summed E-state index contributed by atoms with van der Waals surface area (Å²) in [7, 11) is 1.65. The summed E-state index contributed by atoms with van der Waals surface area (Å²) in [6.45, 7) is 2.08. The fourth-order valence-electron chi connectivity index (χ4n) is 3.42. The van der Waals surface area contributed by atoms with E-state index in [1.165, 1.54) is 10.9 Å². The first-order valence-corrected chi connectivity index (χ1v) is 8.16. The summed E-state index contributed by atoms with van der Waals surface area (Å²) in [5.41, 5.74) is 6.00. The quantitative estimate of drug-likeness (QED) is 0.696. The van der Waals surface area contributed by atoms with Gasteiger partial charge in [-0.2, -0.15) is 0 Å². The predicted octanol–water partition coefficient (Wildman–Crippen LogP) is 4.70. The number of ether oxygens (including phenoxy) is 1. The van der Waals surface area contributed by atoms with Gasteiger partial charge in [-0.1, -0.05) is 23.8 Å². The Bertz CT molecular complexity index is 979. The summed E-state index contributed by atoms with van der Waals surface area (Å²) in [6.07, 6.45) is 3.63. The van der Waals surface area contributed by atoms with Gasteiger partial charge in [-0.3, -0.25) is 4.79 Å². The Morgan fingerprint density at radius 1 is 1.12 bits per heavy atom. The Kier molecular flexibility index (Phi) is 3.49. The standard InChI is InChI=1S/C21H19NO2/c1-13-6-9-19-18(10-13)17-8-7-15(21(23)20(17)22-19)11-14-4-3-5-16(12-14)24-2/h3-6,9-12,22H,7-8H2,1-2H3/b15-11+. The van der Waals surface area contributed by atoms with Crippen LogP contribution in [0, 0.1) is 6.92 Å². The fraction of sp³-hybridized carbons (Fsp3) is 0.190. The molecule has 0 saturated carbocycles. The van der Waals surface area contributed by atoms with Crippen molar-refractivity contribution in [3.05, 3.63) is 70.4 Å². The summed E-state index contributed by atoms with van der Waals surface area (Å²) in [6, 6.07) is 14.1. The zero-order valence-electron chi connectivity index (χ0n) is 13.8. The van der Waals surface area contributed by atoms with E-state index in [1.807, 2.05) is 30.3 Å². The summed E-state index contributed by atoms with van der Waals surface area (Å²) in [5.74, 6) is 0.905. The fourth-order valence-corrected chi connectivity index (χ4v) is 3.42. The third kappa shape index (κ3) is 2.42. The second-order valence-corrected chi connectivity index (χ2v) is 6.30. The minimum absolute atomic E-state index is 0.105. The molecular weight excluding hydrogens is 298 g/mol. The molecule has 24 heavy (non-hydrogen) atoms. The highest BCUT2D eigenvalue weighted by Crippen LogP contribution is 2.32. The normalized spacial score (nSPS) is 15.8. The van der Waals surface area contributed by atoms with Gasteiger partial charge >= 0.3 is 0 Å². The van der Waals surface area contributed by atoms with E-state index in [1.54, 1.807) is 7.11 Å². The molecule has 0 saturated heterocycles. The summed E-state index contributed by atoms with van der Waals surface area (Å²) < 4.78 is 5.26. The largest absolute Gasteiger partial charge is 0.497 e. The molecule has 0 aliphatic heterocycles. The van der Waals surface area contributed by atoms with Crippen LogP contribution in [-0.2, 0) is 6.42 Å². The van der Waals surface area contributed by atoms with Gasteiger partial charge in [-0.15, -0.1) is 0 Å². The topological polar surface area (TPSA) is 42.1 Å². The van der Waals surface area contributed by atoms with Crippen LogP contribution in [0.1, 0.15) is 33.6 Å². The number of ketones is 1. The zero-order valence-corrected chi connectivity index (χ0v) is 13.8. The maximum Gasteiger partial charge on any atom is 0.205 e. The molecule has 3 nitrogen and oxygen atoms in total. The molecule has 1 heterocycles. The van der Waals surface area contributed by atoms with E-state index >= 15 is 0 Å². The number of allylic oxidation sites excluding steroid dienone is 1. The third-order valence-corrected chi connectivity index (χ3v) is 4.66. The second kappa shape index (κ2) is 5.68. The number of aromatic nitrogens is 1. The number of aryl methyl sites for hydroxylation is 2. The molecular formula is C21H19NO2. The first-order chi connectivity index (χ1) is 11.7. The van der Waals surface area contributed by atoms with Gasteiger partial charge in [0.2, 0.25) is 5.78 Å². The average Bonchev–Trinajstić information content (AvgIpc) is 2.96. The number of Topliss-reactive ketones (excluding diaryl/α,β-unsaturated/α-hetero) is 1. The van der Waals surface area contributed by atoms with E-state index in [2.05, 4.69) is 30.1 Å². The first-order valence-electron chi connectivity index (χ1n) is 8.16. The Balaban J connectivity index is 1.76. The van der Waals surface area contributed by atoms with E-state index in [4.69, 9.17) is 4.74 Å². The van der Waals surface area contributed by atoms with Gasteiger partial charge in [-0.25, -0.2) is 0 Å². The Labute approximate surface area is 141 Å². The molecule has 1 N–H and O–H groups in total. The highest BCUT2D eigenvalue weighted by molar-refractivity contribution is 6.15. The molecule has 0 amide bonds. The van der Waals surface area contributed by atoms with E-state index < -0.39 is 0 Å². The number of hydrogen-bond donors (Lipinski definition) is 1. The molecule has 0 unspecified atom stereocenters. The van der Waals surface area contributed by atoms with Crippen molar-refractivity contribution in [3.8, 4) is 5.75 Å². The molecule has 1 aliphatic rings. The molecule has 1 aromatic heterocycles. The van der Waals surface area contributed by atoms with Crippen molar-refractivity contribution in [2.75, 3.05) is 7.11 Å². The summed E-state index contributed by atoms with van der Waals surface area (Å²) >= 11 is 0.